The van der Waals surface area contributed by atoms with Crippen molar-refractivity contribution in [3.63, 3.8) is 0 Å². The summed E-state index contributed by atoms with van der Waals surface area (Å²) in [5, 5.41) is 15.8. The minimum absolute atomic E-state index is 0.173. The molecule has 0 atom stereocenters. The second-order valence-corrected chi connectivity index (χ2v) is 7.64. The zero-order valence-electron chi connectivity index (χ0n) is 16.6. The quantitative estimate of drug-likeness (QED) is 0.555. The van der Waals surface area contributed by atoms with Crippen molar-refractivity contribution in [2.45, 2.75) is 31.7 Å². The van der Waals surface area contributed by atoms with Crippen LogP contribution in [0.3, 0.4) is 0 Å². The van der Waals surface area contributed by atoms with Crippen LogP contribution in [0.4, 0.5) is 0 Å². The third-order valence-electron chi connectivity index (χ3n) is 5.87. The lowest BCUT2D eigenvalue weighted by Gasteiger charge is -2.32. The van der Waals surface area contributed by atoms with Gasteiger partial charge in [-0.1, -0.05) is 17.3 Å². The van der Waals surface area contributed by atoms with Crippen LogP contribution in [0, 0.1) is 0 Å². The summed E-state index contributed by atoms with van der Waals surface area (Å²) in [4.78, 5) is 18.8. The molecule has 0 saturated carbocycles. The van der Waals surface area contributed by atoms with Gasteiger partial charge in [0, 0.05) is 49.1 Å². The Balaban J connectivity index is 1.19. The number of carbonyl (C=O) groups excluding carboxylic acids is 1. The lowest BCUT2D eigenvalue weighted by Crippen LogP contribution is -2.38. The van der Waals surface area contributed by atoms with Crippen molar-refractivity contribution in [1.82, 2.24) is 35.1 Å². The van der Waals surface area contributed by atoms with Crippen LogP contribution in [0.2, 0.25) is 0 Å². The van der Waals surface area contributed by atoms with E-state index in [1.54, 1.807) is 12.4 Å². The minimum atomic E-state index is 0.173. The first-order chi connectivity index (χ1) is 14.8. The number of aromatic nitrogens is 6. The topological polar surface area (TPSA) is 92.6 Å². The van der Waals surface area contributed by atoms with Gasteiger partial charge in [-0.2, -0.15) is 5.10 Å². The zero-order valence-corrected chi connectivity index (χ0v) is 16.6. The number of amides is 1. The smallest absolute Gasteiger partial charge is 0.224 e. The molecule has 1 fully saturated rings. The van der Waals surface area contributed by atoms with E-state index in [-0.39, 0.29) is 5.91 Å². The van der Waals surface area contributed by atoms with Gasteiger partial charge in [0.2, 0.25) is 5.91 Å². The van der Waals surface area contributed by atoms with Gasteiger partial charge in [-0.25, -0.2) is 4.68 Å². The Morgan fingerprint density at radius 1 is 1.10 bits per heavy atom. The van der Waals surface area contributed by atoms with E-state index < -0.39 is 0 Å². The molecule has 5 rings (SSSR count). The van der Waals surface area contributed by atoms with Crippen LogP contribution in [0.5, 0.6) is 0 Å². The van der Waals surface area contributed by atoms with Crippen LogP contribution in [0.1, 0.15) is 30.9 Å². The standard InChI is InChI=1S/C22H23N7O/c30-21(9-14-29-20-4-2-1-3-19(20)25-27-29)28-12-7-17(8-13-28)22-18(15-24-26-22)16-5-10-23-11-6-16/h1-6,10-11,15,17H,7-9,12-14H2,(H,24,26). The van der Waals surface area contributed by atoms with Gasteiger partial charge in [0.05, 0.1) is 18.3 Å². The molecule has 3 aromatic heterocycles. The summed E-state index contributed by atoms with van der Waals surface area (Å²) >= 11 is 0. The number of piperidine rings is 1. The van der Waals surface area contributed by atoms with Gasteiger partial charge in [0.25, 0.3) is 0 Å². The molecule has 4 heterocycles. The van der Waals surface area contributed by atoms with Crippen molar-refractivity contribution in [3.05, 3.63) is 60.7 Å². The first kappa shape index (κ1) is 18.5. The first-order valence-electron chi connectivity index (χ1n) is 10.3. The van der Waals surface area contributed by atoms with E-state index in [4.69, 9.17) is 0 Å². The van der Waals surface area contributed by atoms with Gasteiger partial charge in [-0.3, -0.25) is 14.9 Å². The van der Waals surface area contributed by atoms with Crippen LogP contribution in [-0.2, 0) is 11.3 Å². The molecule has 1 saturated heterocycles. The summed E-state index contributed by atoms with van der Waals surface area (Å²) < 4.78 is 1.81. The number of pyridine rings is 1. The molecule has 0 aliphatic carbocycles. The number of fused-ring (bicyclic) bond motifs is 1. The normalized spacial score (nSPS) is 15.0. The number of benzene rings is 1. The number of H-pyrrole nitrogens is 1. The molecule has 8 heteroatoms. The highest BCUT2D eigenvalue weighted by atomic mass is 16.2. The van der Waals surface area contributed by atoms with Gasteiger partial charge < -0.3 is 4.90 Å². The molecule has 1 aliphatic rings. The number of hydrogen-bond donors (Lipinski definition) is 1. The minimum Gasteiger partial charge on any atom is -0.343 e. The molecule has 0 spiro atoms. The molecular weight excluding hydrogens is 378 g/mol. The van der Waals surface area contributed by atoms with Gasteiger partial charge in [0.1, 0.15) is 5.52 Å². The monoisotopic (exact) mass is 401 g/mol. The number of rotatable bonds is 5. The molecular formula is C22H23N7O. The SMILES string of the molecule is O=C(CCn1nnc2ccccc21)N1CCC(c2[nH]ncc2-c2ccncc2)CC1. The van der Waals surface area contributed by atoms with Crippen molar-refractivity contribution in [2.75, 3.05) is 13.1 Å². The number of hydrogen-bond acceptors (Lipinski definition) is 5. The van der Waals surface area contributed by atoms with E-state index in [9.17, 15) is 4.79 Å². The molecule has 0 unspecified atom stereocenters. The molecule has 4 aromatic rings. The molecule has 1 aliphatic heterocycles. The molecule has 0 bridgehead atoms. The van der Waals surface area contributed by atoms with E-state index >= 15 is 0 Å². The number of aryl methyl sites for hydroxylation is 1. The molecule has 1 aromatic carbocycles. The Labute approximate surface area is 173 Å². The maximum Gasteiger partial charge on any atom is 0.224 e. The highest BCUT2D eigenvalue weighted by Crippen LogP contribution is 2.33. The molecule has 152 valence electrons. The lowest BCUT2D eigenvalue weighted by atomic mass is 9.89. The summed E-state index contributed by atoms with van der Waals surface area (Å²) in [7, 11) is 0. The highest BCUT2D eigenvalue weighted by Gasteiger charge is 2.26. The second-order valence-electron chi connectivity index (χ2n) is 7.64. The van der Waals surface area contributed by atoms with Crippen LogP contribution < -0.4 is 0 Å². The first-order valence-corrected chi connectivity index (χ1v) is 10.3. The fourth-order valence-electron chi connectivity index (χ4n) is 4.23. The van der Waals surface area contributed by atoms with E-state index in [0.717, 1.165) is 53.8 Å². The average molecular weight is 401 g/mol. The fourth-order valence-corrected chi connectivity index (χ4v) is 4.23. The summed E-state index contributed by atoms with van der Waals surface area (Å²) in [5.41, 5.74) is 5.22. The zero-order chi connectivity index (χ0) is 20.3. The third kappa shape index (κ3) is 3.56. The Morgan fingerprint density at radius 2 is 1.90 bits per heavy atom. The van der Waals surface area contributed by atoms with E-state index in [1.807, 2.05) is 52.2 Å². The van der Waals surface area contributed by atoms with Gasteiger partial charge >= 0.3 is 0 Å². The molecule has 0 radical (unpaired) electrons. The number of nitrogens with one attached hydrogen (secondary N) is 1. The predicted molar refractivity (Wildman–Crippen MR) is 113 cm³/mol. The van der Waals surface area contributed by atoms with Crippen molar-refractivity contribution in [3.8, 4) is 11.1 Å². The van der Waals surface area contributed by atoms with Crippen LogP contribution in [0.15, 0.2) is 55.0 Å². The maximum absolute atomic E-state index is 12.7. The Bertz CT molecular complexity index is 1140. The van der Waals surface area contributed by atoms with Crippen LogP contribution in [-0.4, -0.2) is 54.1 Å². The summed E-state index contributed by atoms with van der Waals surface area (Å²) in [6.07, 6.45) is 7.77. The molecule has 1 N–H and O–H groups in total. The van der Waals surface area contributed by atoms with Crippen molar-refractivity contribution in [2.24, 2.45) is 0 Å². The average Bonchev–Trinajstić information content (AvgIpc) is 3.46. The highest BCUT2D eigenvalue weighted by molar-refractivity contribution is 5.77. The van der Waals surface area contributed by atoms with E-state index in [1.165, 1.54) is 0 Å². The fraction of sp³-hybridized carbons (Fsp3) is 0.318. The second kappa shape index (κ2) is 8.06. The largest absolute Gasteiger partial charge is 0.343 e. The van der Waals surface area contributed by atoms with Crippen LogP contribution >= 0.6 is 0 Å². The third-order valence-corrected chi connectivity index (χ3v) is 5.87. The number of nitrogens with zero attached hydrogens (tertiary/aromatic N) is 6. The Hall–Kier alpha value is -3.55. The van der Waals surface area contributed by atoms with E-state index in [2.05, 4.69) is 25.5 Å². The van der Waals surface area contributed by atoms with Crippen molar-refractivity contribution in [1.29, 1.82) is 0 Å². The molecule has 30 heavy (non-hydrogen) atoms. The lowest BCUT2D eigenvalue weighted by molar-refractivity contribution is -0.132. The van der Waals surface area contributed by atoms with Gasteiger partial charge in [0.15, 0.2) is 0 Å². The van der Waals surface area contributed by atoms with Gasteiger partial charge in [-0.05, 0) is 42.7 Å². The number of para-hydroxylation sites is 1. The Kier molecular flexibility index (Phi) is 4.96. The van der Waals surface area contributed by atoms with Gasteiger partial charge in [-0.15, -0.1) is 5.10 Å². The predicted octanol–water partition coefficient (Wildman–Crippen LogP) is 3.01. The Morgan fingerprint density at radius 3 is 2.73 bits per heavy atom. The summed E-state index contributed by atoms with van der Waals surface area (Å²) in [5.74, 6) is 0.547. The van der Waals surface area contributed by atoms with Crippen molar-refractivity contribution >= 4 is 16.9 Å². The summed E-state index contributed by atoms with van der Waals surface area (Å²) in [6, 6.07) is 11.8. The number of aromatic amines is 1. The maximum atomic E-state index is 12.7. The van der Waals surface area contributed by atoms with E-state index in [0.29, 0.717) is 18.9 Å². The number of likely N-dealkylation sites (tertiary alicyclic amines) is 1. The molecule has 1 amide bonds. The van der Waals surface area contributed by atoms with Crippen LogP contribution in [0.25, 0.3) is 22.2 Å². The molecule has 8 nitrogen and oxygen atoms in total. The number of carbonyl (C=O) groups is 1. The summed E-state index contributed by atoms with van der Waals surface area (Å²) in [6.45, 7) is 2.07. The van der Waals surface area contributed by atoms with Crippen molar-refractivity contribution < 1.29 is 4.79 Å².